The van der Waals surface area contributed by atoms with Crippen molar-refractivity contribution in [3.8, 4) is 16.9 Å². The minimum absolute atomic E-state index is 0.164. The van der Waals surface area contributed by atoms with Crippen LogP contribution in [0.5, 0.6) is 5.75 Å². The highest BCUT2D eigenvalue weighted by molar-refractivity contribution is 6.30. The van der Waals surface area contributed by atoms with E-state index in [9.17, 15) is 5.11 Å². The molecule has 0 radical (unpaired) electrons. The number of hydrogen-bond donors (Lipinski definition) is 2. The molecule has 0 heterocycles. The number of halogens is 1. The van der Waals surface area contributed by atoms with Gasteiger partial charge in [0.15, 0.2) is 0 Å². The van der Waals surface area contributed by atoms with Crippen LogP contribution in [0.4, 0.5) is 5.69 Å². The van der Waals surface area contributed by atoms with E-state index in [0.717, 1.165) is 5.56 Å². The van der Waals surface area contributed by atoms with E-state index in [1.807, 2.05) is 12.1 Å². The molecule has 0 saturated heterocycles. The van der Waals surface area contributed by atoms with Crippen LogP contribution in [0.2, 0.25) is 5.02 Å². The first-order chi connectivity index (χ1) is 7.18. The molecule has 0 aliphatic heterocycles. The molecule has 2 rings (SSSR count). The Labute approximate surface area is 92.9 Å². The monoisotopic (exact) mass is 219 g/mol. The van der Waals surface area contributed by atoms with Crippen molar-refractivity contribution in [2.75, 3.05) is 5.73 Å². The molecule has 0 aliphatic carbocycles. The molecule has 0 aliphatic rings. The van der Waals surface area contributed by atoms with Crippen molar-refractivity contribution in [1.82, 2.24) is 0 Å². The van der Waals surface area contributed by atoms with Gasteiger partial charge in [-0.05, 0) is 29.8 Å². The summed E-state index contributed by atoms with van der Waals surface area (Å²) in [4.78, 5) is 0. The van der Waals surface area contributed by atoms with Crippen molar-refractivity contribution in [1.29, 1.82) is 0 Å². The third-order valence-electron chi connectivity index (χ3n) is 2.19. The van der Waals surface area contributed by atoms with Crippen molar-refractivity contribution < 1.29 is 5.11 Å². The number of phenols is 1. The van der Waals surface area contributed by atoms with Gasteiger partial charge in [-0.2, -0.15) is 0 Å². The van der Waals surface area contributed by atoms with Gasteiger partial charge in [-0.15, -0.1) is 0 Å². The molecule has 15 heavy (non-hydrogen) atoms. The van der Waals surface area contributed by atoms with Crippen molar-refractivity contribution in [2.45, 2.75) is 0 Å². The first kappa shape index (κ1) is 9.87. The zero-order chi connectivity index (χ0) is 10.8. The van der Waals surface area contributed by atoms with Crippen LogP contribution >= 0.6 is 11.6 Å². The van der Waals surface area contributed by atoms with Crippen molar-refractivity contribution in [2.24, 2.45) is 0 Å². The second-order valence-corrected chi connectivity index (χ2v) is 3.69. The number of benzene rings is 2. The van der Waals surface area contributed by atoms with Gasteiger partial charge in [0.1, 0.15) is 5.75 Å². The van der Waals surface area contributed by atoms with E-state index in [4.69, 9.17) is 17.3 Å². The summed E-state index contributed by atoms with van der Waals surface area (Å²) in [6.45, 7) is 0. The van der Waals surface area contributed by atoms with Crippen molar-refractivity contribution >= 4 is 17.3 Å². The Morgan fingerprint density at radius 3 is 2.47 bits per heavy atom. The minimum Gasteiger partial charge on any atom is -0.507 e. The van der Waals surface area contributed by atoms with Gasteiger partial charge in [0, 0.05) is 16.3 Å². The second kappa shape index (κ2) is 3.83. The molecular weight excluding hydrogens is 210 g/mol. The SMILES string of the molecule is Nc1cccc(O)c1-c1cccc(Cl)c1. The van der Waals surface area contributed by atoms with Gasteiger partial charge in [-0.25, -0.2) is 0 Å². The second-order valence-electron chi connectivity index (χ2n) is 3.25. The predicted octanol–water partition coefficient (Wildman–Crippen LogP) is 3.29. The summed E-state index contributed by atoms with van der Waals surface area (Å²) in [5.74, 6) is 0.164. The summed E-state index contributed by atoms with van der Waals surface area (Å²) in [5.41, 5.74) is 7.78. The van der Waals surface area contributed by atoms with Gasteiger partial charge < -0.3 is 10.8 Å². The lowest BCUT2D eigenvalue weighted by Gasteiger charge is -2.08. The van der Waals surface area contributed by atoms with E-state index in [0.29, 0.717) is 16.3 Å². The Hall–Kier alpha value is -1.67. The highest BCUT2D eigenvalue weighted by Crippen LogP contribution is 2.35. The van der Waals surface area contributed by atoms with Crippen LogP contribution in [0, 0.1) is 0 Å². The van der Waals surface area contributed by atoms with Crippen LogP contribution in [-0.4, -0.2) is 5.11 Å². The van der Waals surface area contributed by atoms with Gasteiger partial charge in [-0.3, -0.25) is 0 Å². The normalized spacial score (nSPS) is 10.2. The Bertz CT molecular complexity index is 476. The number of nitrogen functional groups attached to an aromatic ring is 1. The van der Waals surface area contributed by atoms with Gasteiger partial charge in [0.25, 0.3) is 0 Å². The Kier molecular flexibility index (Phi) is 2.52. The lowest BCUT2D eigenvalue weighted by Crippen LogP contribution is -1.89. The standard InChI is InChI=1S/C12H10ClNO/c13-9-4-1-3-8(7-9)12-10(14)5-2-6-11(12)15/h1-7,15H,14H2. The summed E-state index contributed by atoms with van der Waals surface area (Å²) < 4.78 is 0. The van der Waals surface area contributed by atoms with Gasteiger partial charge in [0.05, 0.1) is 0 Å². The number of hydrogen-bond acceptors (Lipinski definition) is 2. The number of rotatable bonds is 1. The summed E-state index contributed by atoms with van der Waals surface area (Å²) in [7, 11) is 0. The number of nitrogens with two attached hydrogens (primary N) is 1. The molecule has 0 spiro atoms. The molecule has 0 amide bonds. The average Bonchev–Trinajstić information content (AvgIpc) is 2.17. The quantitative estimate of drug-likeness (QED) is 0.723. The van der Waals surface area contributed by atoms with Crippen molar-refractivity contribution in [3.63, 3.8) is 0 Å². The number of phenolic OH excluding ortho intramolecular Hbond substituents is 1. The lowest BCUT2D eigenvalue weighted by atomic mass is 10.0. The van der Waals surface area contributed by atoms with Gasteiger partial charge in [0.2, 0.25) is 0 Å². The van der Waals surface area contributed by atoms with Gasteiger partial charge >= 0.3 is 0 Å². The molecule has 0 aromatic heterocycles. The zero-order valence-corrected chi connectivity index (χ0v) is 8.70. The van der Waals surface area contributed by atoms with Crippen LogP contribution in [0.25, 0.3) is 11.1 Å². The molecular formula is C12H10ClNO. The van der Waals surface area contributed by atoms with Crippen molar-refractivity contribution in [3.05, 3.63) is 47.5 Å². The number of aromatic hydroxyl groups is 1. The summed E-state index contributed by atoms with van der Waals surface area (Å²) in [5, 5.41) is 10.3. The van der Waals surface area contributed by atoms with E-state index < -0.39 is 0 Å². The fraction of sp³-hybridized carbons (Fsp3) is 0. The Balaban J connectivity index is 2.63. The maximum Gasteiger partial charge on any atom is 0.125 e. The van der Waals surface area contributed by atoms with Gasteiger partial charge in [-0.1, -0.05) is 29.8 Å². The maximum atomic E-state index is 9.71. The molecule has 2 aromatic carbocycles. The topological polar surface area (TPSA) is 46.2 Å². The minimum atomic E-state index is 0.164. The van der Waals surface area contributed by atoms with E-state index >= 15 is 0 Å². The zero-order valence-electron chi connectivity index (χ0n) is 7.94. The van der Waals surface area contributed by atoms with E-state index in [-0.39, 0.29) is 5.75 Å². The van der Waals surface area contributed by atoms with Crippen LogP contribution in [0.15, 0.2) is 42.5 Å². The molecule has 2 aromatic rings. The van der Waals surface area contributed by atoms with E-state index in [1.165, 1.54) is 0 Å². The fourth-order valence-electron chi connectivity index (χ4n) is 1.52. The molecule has 3 N–H and O–H groups in total. The fourth-order valence-corrected chi connectivity index (χ4v) is 1.71. The summed E-state index contributed by atoms with van der Waals surface area (Å²) in [6, 6.07) is 12.3. The molecule has 3 heteroatoms. The Morgan fingerprint density at radius 1 is 1.07 bits per heavy atom. The molecule has 0 unspecified atom stereocenters. The smallest absolute Gasteiger partial charge is 0.125 e. The van der Waals surface area contributed by atoms with E-state index in [2.05, 4.69) is 0 Å². The van der Waals surface area contributed by atoms with Crippen LogP contribution in [-0.2, 0) is 0 Å². The highest BCUT2D eigenvalue weighted by Gasteiger charge is 2.07. The highest BCUT2D eigenvalue weighted by atomic mass is 35.5. The summed E-state index contributed by atoms with van der Waals surface area (Å²) in [6.07, 6.45) is 0. The molecule has 2 nitrogen and oxygen atoms in total. The molecule has 0 bridgehead atoms. The van der Waals surface area contributed by atoms with Crippen LogP contribution < -0.4 is 5.73 Å². The first-order valence-corrected chi connectivity index (χ1v) is 4.89. The number of anilines is 1. The predicted molar refractivity (Wildman–Crippen MR) is 63.0 cm³/mol. The molecule has 0 saturated carbocycles. The molecule has 0 fully saturated rings. The third kappa shape index (κ3) is 1.90. The first-order valence-electron chi connectivity index (χ1n) is 4.52. The van der Waals surface area contributed by atoms with Crippen LogP contribution in [0.3, 0.4) is 0 Å². The van der Waals surface area contributed by atoms with Crippen LogP contribution in [0.1, 0.15) is 0 Å². The van der Waals surface area contributed by atoms with E-state index in [1.54, 1.807) is 30.3 Å². The largest absolute Gasteiger partial charge is 0.507 e. The molecule has 0 atom stereocenters. The maximum absolute atomic E-state index is 9.71. The summed E-state index contributed by atoms with van der Waals surface area (Å²) >= 11 is 5.88. The third-order valence-corrected chi connectivity index (χ3v) is 2.42. The lowest BCUT2D eigenvalue weighted by molar-refractivity contribution is 0.477. The average molecular weight is 220 g/mol. The molecule has 76 valence electrons. The Morgan fingerprint density at radius 2 is 1.80 bits per heavy atom.